The molecule has 0 atom stereocenters. The van der Waals surface area contributed by atoms with Gasteiger partial charge in [0.15, 0.2) is 5.82 Å². The summed E-state index contributed by atoms with van der Waals surface area (Å²) in [5.41, 5.74) is 0.632. The van der Waals surface area contributed by atoms with Gasteiger partial charge in [-0.05, 0) is 13.0 Å². The minimum atomic E-state index is -0.0711. The highest BCUT2D eigenvalue weighted by Crippen LogP contribution is 2.10. The molecule has 0 aromatic carbocycles. The lowest BCUT2D eigenvalue weighted by atomic mass is 10.3. The molecule has 0 amide bonds. The molecule has 0 fully saturated rings. The average Bonchev–Trinajstić information content (AvgIpc) is 2.82. The van der Waals surface area contributed by atoms with Gasteiger partial charge in [-0.1, -0.05) is 0 Å². The summed E-state index contributed by atoms with van der Waals surface area (Å²) < 4.78 is 8.20. The van der Waals surface area contributed by atoms with E-state index in [2.05, 4.69) is 15.1 Å². The van der Waals surface area contributed by atoms with Gasteiger partial charge in [0.1, 0.15) is 6.61 Å². The Morgan fingerprint density at radius 1 is 1.42 bits per heavy atom. The van der Waals surface area contributed by atoms with Gasteiger partial charge in [0.2, 0.25) is 0 Å². The van der Waals surface area contributed by atoms with Crippen molar-refractivity contribution in [2.45, 2.75) is 20.1 Å². The van der Waals surface area contributed by atoms with Gasteiger partial charge in [0.05, 0.1) is 10.9 Å². The first-order valence-electron chi connectivity index (χ1n) is 5.97. The van der Waals surface area contributed by atoms with Gasteiger partial charge < -0.3 is 9.30 Å². The van der Waals surface area contributed by atoms with E-state index in [-0.39, 0.29) is 5.56 Å². The zero-order valence-electron chi connectivity index (χ0n) is 10.7. The number of fused-ring (bicyclic) bond motifs is 3. The van der Waals surface area contributed by atoms with Crippen molar-refractivity contribution in [1.29, 1.82) is 0 Å². The molecule has 0 saturated carbocycles. The van der Waals surface area contributed by atoms with Crippen molar-refractivity contribution in [3.8, 4) is 0 Å². The van der Waals surface area contributed by atoms with Crippen LogP contribution in [0, 0.1) is 0 Å². The number of aryl methyl sites for hydroxylation is 1. The van der Waals surface area contributed by atoms with E-state index >= 15 is 0 Å². The first-order chi connectivity index (χ1) is 9.24. The summed E-state index contributed by atoms with van der Waals surface area (Å²) in [6.45, 7) is 2.86. The van der Waals surface area contributed by atoms with Gasteiger partial charge >= 0.3 is 0 Å². The second kappa shape index (κ2) is 4.43. The molecule has 0 saturated heterocycles. The number of pyridine rings is 1. The van der Waals surface area contributed by atoms with Crippen molar-refractivity contribution in [2.75, 3.05) is 7.11 Å². The van der Waals surface area contributed by atoms with Crippen LogP contribution in [0.15, 0.2) is 23.3 Å². The average molecular weight is 259 g/mol. The third kappa shape index (κ3) is 1.78. The maximum atomic E-state index is 12.2. The summed E-state index contributed by atoms with van der Waals surface area (Å²) >= 11 is 0. The lowest BCUT2D eigenvalue weighted by Crippen LogP contribution is -2.19. The Balaban J connectivity index is 2.34. The predicted octanol–water partition coefficient (Wildman–Crippen LogP) is 0.605. The van der Waals surface area contributed by atoms with Crippen molar-refractivity contribution >= 4 is 16.7 Å². The van der Waals surface area contributed by atoms with E-state index in [9.17, 15) is 4.79 Å². The van der Waals surface area contributed by atoms with Gasteiger partial charge in [0, 0.05) is 26.0 Å². The first kappa shape index (κ1) is 11.8. The highest BCUT2D eigenvalue weighted by Gasteiger charge is 2.10. The van der Waals surface area contributed by atoms with Crippen LogP contribution in [0.1, 0.15) is 12.7 Å². The molecule has 0 unspecified atom stereocenters. The van der Waals surface area contributed by atoms with Crippen LogP contribution in [0.25, 0.3) is 16.7 Å². The van der Waals surface area contributed by atoms with E-state index in [1.165, 1.54) is 0 Å². The minimum absolute atomic E-state index is 0.0711. The summed E-state index contributed by atoms with van der Waals surface area (Å²) in [5, 5.41) is 4.83. The number of rotatable bonds is 3. The summed E-state index contributed by atoms with van der Waals surface area (Å²) in [6, 6.07) is 1.85. The second-order valence-electron chi connectivity index (χ2n) is 4.14. The van der Waals surface area contributed by atoms with Crippen LogP contribution in [0.5, 0.6) is 0 Å². The molecular formula is C12H13N5O2. The Bertz CT molecular complexity index is 805. The maximum Gasteiger partial charge on any atom is 0.261 e. The van der Waals surface area contributed by atoms with Gasteiger partial charge in [0.25, 0.3) is 11.3 Å². The summed E-state index contributed by atoms with van der Waals surface area (Å²) in [7, 11) is 1.58. The Morgan fingerprint density at radius 3 is 3.00 bits per heavy atom. The smallest absolute Gasteiger partial charge is 0.261 e. The lowest BCUT2D eigenvalue weighted by Gasteiger charge is -2.04. The highest BCUT2D eigenvalue weighted by molar-refractivity contribution is 5.78. The summed E-state index contributed by atoms with van der Waals surface area (Å²) in [6.07, 6.45) is 3.30. The number of nitrogens with zero attached hydrogens (tertiary/aromatic N) is 5. The lowest BCUT2D eigenvalue weighted by molar-refractivity contribution is 0.178. The summed E-state index contributed by atoms with van der Waals surface area (Å²) in [4.78, 5) is 20.6. The fraction of sp³-hybridized carbons (Fsp3) is 0.333. The summed E-state index contributed by atoms with van der Waals surface area (Å²) in [5.74, 6) is 1.01. The van der Waals surface area contributed by atoms with Crippen LogP contribution in [0.2, 0.25) is 0 Å². The third-order valence-electron chi connectivity index (χ3n) is 2.96. The topological polar surface area (TPSA) is 74.3 Å². The zero-order valence-corrected chi connectivity index (χ0v) is 10.7. The van der Waals surface area contributed by atoms with Crippen LogP contribution >= 0.6 is 0 Å². The maximum absolute atomic E-state index is 12.2. The number of hydrogen-bond acceptors (Lipinski definition) is 5. The fourth-order valence-corrected chi connectivity index (χ4v) is 2.04. The van der Waals surface area contributed by atoms with E-state index in [0.29, 0.717) is 35.7 Å². The molecule has 0 aliphatic heterocycles. The normalized spacial score (nSPS) is 11.5. The fourth-order valence-electron chi connectivity index (χ4n) is 2.04. The second-order valence-corrected chi connectivity index (χ2v) is 4.14. The van der Waals surface area contributed by atoms with Gasteiger partial charge in [-0.3, -0.25) is 4.79 Å². The highest BCUT2D eigenvalue weighted by atomic mass is 16.5. The molecule has 19 heavy (non-hydrogen) atoms. The van der Waals surface area contributed by atoms with E-state index < -0.39 is 0 Å². The molecule has 3 heterocycles. The number of aromatic nitrogens is 5. The Kier molecular flexibility index (Phi) is 2.75. The number of hydrogen-bond donors (Lipinski definition) is 0. The molecule has 3 aromatic heterocycles. The molecule has 0 aliphatic carbocycles. The van der Waals surface area contributed by atoms with Crippen molar-refractivity contribution in [2.24, 2.45) is 0 Å². The van der Waals surface area contributed by atoms with Crippen molar-refractivity contribution in [3.05, 3.63) is 34.6 Å². The Morgan fingerprint density at radius 2 is 2.26 bits per heavy atom. The monoisotopic (exact) mass is 259 g/mol. The minimum Gasteiger partial charge on any atom is -0.377 e. The molecule has 7 nitrogen and oxygen atoms in total. The zero-order chi connectivity index (χ0) is 13.4. The van der Waals surface area contributed by atoms with Crippen LogP contribution in [-0.4, -0.2) is 31.3 Å². The van der Waals surface area contributed by atoms with E-state index in [1.807, 2.05) is 13.0 Å². The molecule has 0 aliphatic rings. The SMILES string of the molecule is CCn1ccc2c(cnc3nc(COC)nn32)c1=O. The molecule has 0 bridgehead atoms. The quantitative estimate of drug-likeness (QED) is 0.688. The molecule has 98 valence electrons. The Hall–Kier alpha value is -2.28. The number of ether oxygens (including phenoxy) is 1. The molecule has 0 spiro atoms. The van der Waals surface area contributed by atoms with E-state index in [0.717, 1.165) is 0 Å². The van der Waals surface area contributed by atoms with Crippen molar-refractivity contribution in [3.63, 3.8) is 0 Å². The largest absolute Gasteiger partial charge is 0.377 e. The van der Waals surface area contributed by atoms with E-state index in [1.54, 1.807) is 28.6 Å². The van der Waals surface area contributed by atoms with Crippen molar-refractivity contribution < 1.29 is 4.74 Å². The Labute approximate surface area is 108 Å². The molecule has 3 aromatic rings. The molecule has 7 heteroatoms. The van der Waals surface area contributed by atoms with Crippen molar-refractivity contribution in [1.82, 2.24) is 24.1 Å². The van der Waals surface area contributed by atoms with Crippen LogP contribution in [0.4, 0.5) is 0 Å². The molecular weight excluding hydrogens is 246 g/mol. The van der Waals surface area contributed by atoms with Gasteiger partial charge in [-0.25, -0.2) is 4.98 Å². The van der Waals surface area contributed by atoms with Gasteiger partial charge in [-0.15, -0.1) is 5.10 Å². The van der Waals surface area contributed by atoms with Gasteiger partial charge in [-0.2, -0.15) is 9.50 Å². The molecule has 3 rings (SSSR count). The molecule has 0 radical (unpaired) electrons. The van der Waals surface area contributed by atoms with Crippen LogP contribution < -0.4 is 5.56 Å². The predicted molar refractivity (Wildman–Crippen MR) is 68.9 cm³/mol. The first-order valence-corrected chi connectivity index (χ1v) is 5.97. The van der Waals surface area contributed by atoms with Crippen LogP contribution in [0.3, 0.4) is 0 Å². The number of methoxy groups -OCH3 is 1. The third-order valence-corrected chi connectivity index (χ3v) is 2.96. The molecule has 0 N–H and O–H groups in total. The standard InChI is InChI=1S/C12H13N5O2/c1-3-16-5-4-9-8(11(16)18)6-13-12-14-10(7-19-2)15-17(9)12/h4-6H,3,7H2,1-2H3. The van der Waals surface area contributed by atoms with Crippen LogP contribution in [-0.2, 0) is 17.9 Å². The van der Waals surface area contributed by atoms with E-state index in [4.69, 9.17) is 4.74 Å².